The van der Waals surface area contributed by atoms with E-state index >= 15 is 0 Å². The number of ether oxygens (including phenoxy) is 2. The Labute approximate surface area is 184 Å². The molecular formula is C20H17Br2NO4S. The van der Waals surface area contributed by atoms with Crippen molar-refractivity contribution in [3.63, 3.8) is 0 Å². The van der Waals surface area contributed by atoms with Gasteiger partial charge in [0, 0.05) is 4.47 Å². The van der Waals surface area contributed by atoms with Crippen molar-refractivity contribution < 1.29 is 19.1 Å². The molecule has 0 atom stereocenters. The average Bonchev–Trinajstić information content (AvgIpc) is 2.91. The largest absolute Gasteiger partial charge is 0.492 e. The van der Waals surface area contributed by atoms with Gasteiger partial charge in [0.15, 0.2) is 11.5 Å². The van der Waals surface area contributed by atoms with Crippen molar-refractivity contribution in [3.05, 3.63) is 61.4 Å². The second-order valence-electron chi connectivity index (χ2n) is 5.86. The number of amides is 2. The molecule has 1 aliphatic heterocycles. The predicted molar refractivity (Wildman–Crippen MR) is 118 cm³/mol. The van der Waals surface area contributed by atoms with Crippen LogP contribution in [0.5, 0.6) is 11.5 Å². The van der Waals surface area contributed by atoms with Crippen LogP contribution in [0.4, 0.5) is 4.79 Å². The van der Waals surface area contributed by atoms with Gasteiger partial charge in [-0.15, -0.1) is 0 Å². The molecule has 1 fully saturated rings. The Balaban J connectivity index is 1.86. The first kappa shape index (κ1) is 21.0. The summed E-state index contributed by atoms with van der Waals surface area (Å²) < 4.78 is 12.6. The van der Waals surface area contributed by atoms with Crippen LogP contribution in [0.2, 0.25) is 0 Å². The summed E-state index contributed by atoms with van der Waals surface area (Å²) in [5.74, 6) is 0.852. The van der Waals surface area contributed by atoms with Gasteiger partial charge in [-0.1, -0.05) is 28.1 Å². The SMILES string of the molecule is CCOc1cc(/C=C2\SC(=O)N(Cc3ccc(Br)cc3)C2=O)cc(Br)c1OC. The van der Waals surface area contributed by atoms with Gasteiger partial charge in [0.1, 0.15) is 0 Å². The van der Waals surface area contributed by atoms with Gasteiger partial charge < -0.3 is 9.47 Å². The normalized spacial score (nSPS) is 15.4. The maximum atomic E-state index is 12.7. The molecule has 0 spiro atoms. The Morgan fingerprint density at radius 3 is 2.50 bits per heavy atom. The molecule has 0 unspecified atom stereocenters. The van der Waals surface area contributed by atoms with Gasteiger partial charge in [-0.2, -0.15) is 0 Å². The third kappa shape index (κ3) is 4.61. The van der Waals surface area contributed by atoms with Gasteiger partial charge in [-0.05, 0) is 76.1 Å². The number of nitrogens with zero attached hydrogens (tertiary/aromatic N) is 1. The zero-order chi connectivity index (χ0) is 20.3. The van der Waals surface area contributed by atoms with Crippen molar-refractivity contribution in [2.75, 3.05) is 13.7 Å². The predicted octanol–water partition coefficient (Wildman–Crippen LogP) is 5.86. The minimum atomic E-state index is -0.303. The summed E-state index contributed by atoms with van der Waals surface area (Å²) in [7, 11) is 1.57. The van der Waals surface area contributed by atoms with Gasteiger partial charge in [0.2, 0.25) is 0 Å². The molecule has 28 heavy (non-hydrogen) atoms. The lowest BCUT2D eigenvalue weighted by molar-refractivity contribution is -0.123. The quantitative estimate of drug-likeness (QED) is 0.441. The smallest absolute Gasteiger partial charge is 0.293 e. The number of carbonyl (C=O) groups excluding carboxylic acids is 2. The zero-order valence-electron chi connectivity index (χ0n) is 15.2. The van der Waals surface area contributed by atoms with E-state index in [1.165, 1.54) is 4.90 Å². The fourth-order valence-corrected chi connectivity index (χ4v) is 4.42. The van der Waals surface area contributed by atoms with E-state index in [0.717, 1.165) is 27.4 Å². The lowest BCUT2D eigenvalue weighted by atomic mass is 10.1. The summed E-state index contributed by atoms with van der Waals surface area (Å²) in [6, 6.07) is 11.1. The monoisotopic (exact) mass is 525 g/mol. The zero-order valence-corrected chi connectivity index (χ0v) is 19.2. The fourth-order valence-electron chi connectivity index (χ4n) is 2.69. The van der Waals surface area contributed by atoms with Crippen molar-refractivity contribution in [3.8, 4) is 11.5 Å². The second kappa shape index (κ2) is 9.15. The first-order chi connectivity index (χ1) is 13.4. The van der Waals surface area contributed by atoms with Gasteiger partial charge in [-0.25, -0.2) is 0 Å². The third-order valence-corrected chi connectivity index (χ3v) is 5.99. The van der Waals surface area contributed by atoms with Gasteiger partial charge in [-0.3, -0.25) is 14.5 Å². The Morgan fingerprint density at radius 1 is 1.14 bits per heavy atom. The topological polar surface area (TPSA) is 55.8 Å². The summed E-state index contributed by atoms with van der Waals surface area (Å²) in [6.45, 7) is 2.61. The van der Waals surface area contributed by atoms with Crippen LogP contribution in [0.3, 0.4) is 0 Å². The van der Waals surface area contributed by atoms with Crippen LogP contribution in [-0.4, -0.2) is 29.8 Å². The molecule has 5 nitrogen and oxygen atoms in total. The van der Waals surface area contributed by atoms with E-state index in [4.69, 9.17) is 9.47 Å². The number of halogens is 2. The standard InChI is InChI=1S/C20H17Br2NO4S/c1-3-27-16-9-13(8-15(22)18(16)26-2)10-17-19(24)23(20(25)28-17)11-12-4-6-14(21)7-5-12/h4-10H,3,11H2,1-2H3/b17-10-. The average molecular weight is 527 g/mol. The molecule has 2 aromatic carbocycles. The molecule has 1 heterocycles. The lowest BCUT2D eigenvalue weighted by Gasteiger charge is -2.13. The van der Waals surface area contributed by atoms with Gasteiger partial charge in [0.05, 0.1) is 29.6 Å². The second-order valence-corrected chi connectivity index (χ2v) is 8.62. The molecule has 146 valence electrons. The third-order valence-electron chi connectivity index (χ3n) is 3.96. The summed E-state index contributed by atoms with van der Waals surface area (Å²) in [5, 5.41) is -0.281. The highest BCUT2D eigenvalue weighted by Gasteiger charge is 2.35. The molecule has 1 saturated heterocycles. The van der Waals surface area contributed by atoms with Crippen LogP contribution >= 0.6 is 43.6 Å². The van der Waals surface area contributed by atoms with E-state index in [0.29, 0.717) is 27.5 Å². The molecule has 2 aromatic rings. The molecule has 2 amide bonds. The maximum Gasteiger partial charge on any atom is 0.293 e. The molecule has 3 rings (SSSR count). The summed E-state index contributed by atoms with van der Waals surface area (Å²) in [6.07, 6.45) is 1.69. The van der Waals surface area contributed by atoms with Crippen molar-refractivity contribution in [1.82, 2.24) is 4.90 Å². The highest BCUT2D eigenvalue weighted by atomic mass is 79.9. The van der Waals surface area contributed by atoms with Crippen LogP contribution in [0.1, 0.15) is 18.1 Å². The Morgan fingerprint density at radius 2 is 1.86 bits per heavy atom. The Bertz CT molecular complexity index is 944. The molecule has 0 aliphatic carbocycles. The van der Waals surface area contributed by atoms with Gasteiger partial charge in [0.25, 0.3) is 11.1 Å². The van der Waals surface area contributed by atoms with Crippen LogP contribution in [0.15, 0.2) is 50.2 Å². The molecule has 8 heteroatoms. The van der Waals surface area contributed by atoms with E-state index in [2.05, 4.69) is 31.9 Å². The van der Waals surface area contributed by atoms with Gasteiger partial charge >= 0.3 is 0 Å². The molecule has 0 bridgehead atoms. The molecular weight excluding hydrogens is 510 g/mol. The van der Waals surface area contributed by atoms with E-state index in [1.807, 2.05) is 37.3 Å². The molecule has 0 aromatic heterocycles. The Hall–Kier alpha value is -1.77. The van der Waals surface area contributed by atoms with E-state index in [9.17, 15) is 9.59 Å². The minimum Gasteiger partial charge on any atom is -0.492 e. The number of imide groups is 1. The van der Waals surface area contributed by atoms with Crippen molar-refractivity contribution >= 4 is 60.8 Å². The number of hydrogen-bond donors (Lipinski definition) is 0. The number of hydrogen-bond acceptors (Lipinski definition) is 5. The van der Waals surface area contributed by atoms with Crippen LogP contribution in [0, 0.1) is 0 Å². The highest BCUT2D eigenvalue weighted by molar-refractivity contribution is 9.10. The van der Waals surface area contributed by atoms with Crippen LogP contribution in [0.25, 0.3) is 6.08 Å². The van der Waals surface area contributed by atoms with E-state index < -0.39 is 0 Å². The minimum absolute atomic E-state index is 0.242. The van der Waals surface area contributed by atoms with Crippen LogP contribution in [-0.2, 0) is 11.3 Å². The number of rotatable bonds is 6. The maximum absolute atomic E-state index is 12.7. The number of carbonyl (C=O) groups is 2. The first-order valence-electron chi connectivity index (χ1n) is 8.43. The molecule has 1 aliphatic rings. The van der Waals surface area contributed by atoms with Crippen molar-refractivity contribution in [1.29, 1.82) is 0 Å². The summed E-state index contributed by atoms with van der Waals surface area (Å²) in [5.41, 5.74) is 1.63. The summed E-state index contributed by atoms with van der Waals surface area (Å²) in [4.78, 5) is 26.7. The number of thioether (sulfide) groups is 1. The fraction of sp³-hybridized carbons (Fsp3) is 0.200. The summed E-state index contributed by atoms with van der Waals surface area (Å²) >= 11 is 7.77. The highest BCUT2D eigenvalue weighted by Crippen LogP contribution is 2.39. The van der Waals surface area contributed by atoms with Crippen LogP contribution < -0.4 is 9.47 Å². The van der Waals surface area contributed by atoms with Crippen molar-refractivity contribution in [2.45, 2.75) is 13.5 Å². The molecule has 0 radical (unpaired) electrons. The van der Waals surface area contributed by atoms with E-state index in [-0.39, 0.29) is 17.7 Å². The van der Waals surface area contributed by atoms with E-state index in [1.54, 1.807) is 19.3 Å². The molecule has 0 saturated carbocycles. The first-order valence-corrected chi connectivity index (χ1v) is 10.8. The number of benzene rings is 2. The molecule has 0 N–H and O–H groups in total. The Kier molecular flexibility index (Phi) is 6.85. The number of methoxy groups -OCH3 is 1. The lowest BCUT2D eigenvalue weighted by Crippen LogP contribution is -2.27. The van der Waals surface area contributed by atoms with Crippen molar-refractivity contribution in [2.24, 2.45) is 0 Å².